The highest BCUT2D eigenvalue weighted by atomic mass is 15.0. The summed E-state index contributed by atoms with van der Waals surface area (Å²) in [5.41, 5.74) is 4.54. The summed E-state index contributed by atoms with van der Waals surface area (Å²) >= 11 is 0. The maximum absolute atomic E-state index is 9.42. The van der Waals surface area contributed by atoms with E-state index >= 15 is 0 Å². The van der Waals surface area contributed by atoms with Gasteiger partial charge in [-0.25, -0.2) is 9.97 Å². The lowest BCUT2D eigenvalue weighted by Crippen LogP contribution is -1.94. The summed E-state index contributed by atoms with van der Waals surface area (Å²) in [6.07, 6.45) is 4.44. The number of nitrogens with zero attached hydrogens (tertiary/aromatic N) is 4. The third kappa shape index (κ3) is 1.93. The fraction of sp³-hybridized carbons (Fsp3) is 0.118. The van der Waals surface area contributed by atoms with Crippen LogP contribution in [0.15, 0.2) is 48.9 Å². The van der Waals surface area contributed by atoms with E-state index in [0.717, 1.165) is 41.3 Å². The Morgan fingerprint density at radius 3 is 2.86 bits per heavy atom. The fourth-order valence-electron chi connectivity index (χ4n) is 2.84. The number of nitrogens with one attached hydrogen (secondary N) is 1. The SMILES string of the molecule is N#Cc1cc(-c2ncnc3c2CCN3)cn1-c1ccccc1. The lowest BCUT2D eigenvalue weighted by atomic mass is 10.1. The number of hydrogen-bond donors (Lipinski definition) is 1. The van der Waals surface area contributed by atoms with Gasteiger partial charge >= 0.3 is 0 Å². The summed E-state index contributed by atoms with van der Waals surface area (Å²) in [6, 6.07) is 14.0. The minimum atomic E-state index is 0.597. The second kappa shape index (κ2) is 5.01. The van der Waals surface area contributed by atoms with Crippen LogP contribution in [0.3, 0.4) is 0 Å². The van der Waals surface area contributed by atoms with Crippen molar-refractivity contribution in [3.8, 4) is 23.0 Å². The Bertz CT molecular complexity index is 874. The van der Waals surface area contributed by atoms with E-state index in [4.69, 9.17) is 0 Å². The molecule has 0 spiro atoms. The van der Waals surface area contributed by atoms with Crippen LogP contribution in [-0.4, -0.2) is 21.1 Å². The standard InChI is InChI=1S/C17H13N5/c18-9-14-8-12(10-22(14)13-4-2-1-3-5-13)16-15-6-7-19-17(15)21-11-20-16/h1-5,8,10-11H,6-7H2,(H,19,20,21). The summed E-state index contributed by atoms with van der Waals surface area (Å²) < 4.78 is 1.90. The predicted octanol–water partition coefficient (Wildman–Crippen LogP) is 2.77. The third-order valence-corrected chi connectivity index (χ3v) is 3.86. The molecule has 0 bridgehead atoms. The molecule has 22 heavy (non-hydrogen) atoms. The van der Waals surface area contributed by atoms with E-state index in [-0.39, 0.29) is 0 Å². The molecule has 5 nitrogen and oxygen atoms in total. The Morgan fingerprint density at radius 1 is 1.18 bits per heavy atom. The molecule has 1 aliphatic rings. The molecule has 0 fully saturated rings. The second-order valence-electron chi connectivity index (χ2n) is 5.16. The zero-order chi connectivity index (χ0) is 14.9. The number of fused-ring (bicyclic) bond motifs is 1. The molecule has 0 unspecified atom stereocenters. The van der Waals surface area contributed by atoms with E-state index in [2.05, 4.69) is 21.4 Å². The predicted molar refractivity (Wildman–Crippen MR) is 83.7 cm³/mol. The van der Waals surface area contributed by atoms with Crippen LogP contribution in [0.2, 0.25) is 0 Å². The topological polar surface area (TPSA) is 66.5 Å². The van der Waals surface area contributed by atoms with Crippen molar-refractivity contribution in [1.82, 2.24) is 14.5 Å². The van der Waals surface area contributed by atoms with Crippen LogP contribution < -0.4 is 5.32 Å². The Labute approximate surface area is 127 Å². The van der Waals surface area contributed by atoms with Crippen LogP contribution >= 0.6 is 0 Å². The molecule has 0 atom stereocenters. The van der Waals surface area contributed by atoms with Crippen LogP contribution in [0.5, 0.6) is 0 Å². The van der Waals surface area contributed by atoms with E-state index in [1.807, 2.05) is 47.2 Å². The van der Waals surface area contributed by atoms with Gasteiger partial charge in [0.05, 0.1) is 5.69 Å². The minimum Gasteiger partial charge on any atom is -0.369 e. The van der Waals surface area contributed by atoms with Gasteiger partial charge in [0.15, 0.2) is 0 Å². The molecule has 0 saturated carbocycles. The van der Waals surface area contributed by atoms with Crippen LogP contribution in [0.4, 0.5) is 5.82 Å². The Hall–Kier alpha value is -3.13. The summed E-state index contributed by atoms with van der Waals surface area (Å²) in [7, 11) is 0. The molecular weight excluding hydrogens is 274 g/mol. The van der Waals surface area contributed by atoms with Crippen LogP contribution in [-0.2, 0) is 6.42 Å². The highest BCUT2D eigenvalue weighted by Crippen LogP contribution is 2.31. The monoisotopic (exact) mass is 287 g/mol. The molecule has 3 aromatic rings. The molecule has 1 aromatic carbocycles. The quantitative estimate of drug-likeness (QED) is 0.787. The average molecular weight is 287 g/mol. The van der Waals surface area contributed by atoms with E-state index < -0.39 is 0 Å². The lowest BCUT2D eigenvalue weighted by molar-refractivity contribution is 1.05. The molecule has 1 N–H and O–H groups in total. The number of hydrogen-bond acceptors (Lipinski definition) is 4. The van der Waals surface area contributed by atoms with Crippen LogP contribution in [0.25, 0.3) is 16.9 Å². The maximum Gasteiger partial charge on any atom is 0.133 e. The summed E-state index contributed by atoms with van der Waals surface area (Å²) in [5, 5.41) is 12.7. The first kappa shape index (κ1) is 12.6. The Balaban J connectivity index is 1.87. The third-order valence-electron chi connectivity index (χ3n) is 3.86. The number of anilines is 1. The average Bonchev–Trinajstić information content (AvgIpc) is 3.22. The second-order valence-corrected chi connectivity index (χ2v) is 5.16. The Morgan fingerprint density at radius 2 is 2.05 bits per heavy atom. The molecule has 3 heterocycles. The van der Waals surface area contributed by atoms with Gasteiger partial charge in [0.25, 0.3) is 0 Å². The maximum atomic E-state index is 9.42. The van der Waals surface area contributed by atoms with Crippen LogP contribution in [0, 0.1) is 11.3 Å². The van der Waals surface area contributed by atoms with E-state index in [9.17, 15) is 5.26 Å². The van der Waals surface area contributed by atoms with E-state index in [1.165, 1.54) is 0 Å². The van der Waals surface area contributed by atoms with Gasteiger partial charge in [0.2, 0.25) is 0 Å². The number of aromatic nitrogens is 3. The van der Waals surface area contributed by atoms with Crippen molar-refractivity contribution < 1.29 is 0 Å². The normalized spacial score (nSPS) is 12.5. The van der Waals surface area contributed by atoms with Crippen molar-refractivity contribution in [3.63, 3.8) is 0 Å². The highest BCUT2D eigenvalue weighted by Gasteiger charge is 2.19. The van der Waals surface area contributed by atoms with Crippen molar-refractivity contribution in [2.45, 2.75) is 6.42 Å². The van der Waals surface area contributed by atoms with Crippen molar-refractivity contribution in [1.29, 1.82) is 5.26 Å². The minimum absolute atomic E-state index is 0.597. The lowest BCUT2D eigenvalue weighted by Gasteiger charge is -2.04. The summed E-state index contributed by atoms with van der Waals surface area (Å²) in [6.45, 7) is 0.880. The van der Waals surface area contributed by atoms with Gasteiger partial charge in [-0.2, -0.15) is 5.26 Å². The first-order valence-electron chi connectivity index (χ1n) is 7.13. The first-order valence-corrected chi connectivity index (χ1v) is 7.13. The Kier molecular flexibility index (Phi) is 2.87. The van der Waals surface area contributed by atoms with Crippen molar-refractivity contribution in [3.05, 3.63) is 60.2 Å². The molecule has 5 heteroatoms. The number of rotatable bonds is 2. The smallest absolute Gasteiger partial charge is 0.133 e. The zero-order valence-corrected chi connectivity index (χ0v) is 11.8. The first-order chi connectivity index (χ1) is 10.9. The fourth-order valence-corrected chi connectivity index (χ4v) is 2.84. The molecule has 0 amide bonds. The molecule has 0 saturated heterocycles. The molecule has 1 aliphatic heterocycles. The van der Waals surface area contributed by atoms with Crippen molar-refractivity contribution >= 4 is 5.82 Å². The van der Waals surface area contributed by atoms with Crippen LogP contribution in [0.1, 0.15) is 11.3 Å². The van der Waals surface area contributed by atoms with E-state index in [1.54, 1.807) is 6.33 Å². The largest absolute Gasteiger partial charge is 0.369 e. The van der Waals surface area contributed by atoms with E-state index in [0.29, 0.717) is 5.69 Å². The van der Waals surface area contributed by atoms with Gasteiger partial charge in [-0.05, 0) is 24.6 Å². The van der Waals surface area contributed by atoms with Gasteiger partial charge < -0.3 is 9.88 Å². The number of benzene rings is 1. The number of nitriles is 1. The molecular formula is C17H13N5. The summed E-state index contributed by atoms with van der Waals surface area (Å²) in [5.74, 6) is 0.899. The van der Waals surface area contributed by atoms with Gasteiger partial charge in [-0.1, -0.05) is 18.2 Å². The molecule has 4 rings (SSSR count). The summed E-state index contributed by atoms with van der Waals surface area (Å²) in [4.78, 5) is 8.69. The molecule has 2 aromatic heterocycles. The highest BCUT2D eigenvalue weighted by molar-refractivity contribution is 5.71. The van der Waals surface area contributed by atoms with Crippen molar-refractivity contribution in [2.24, 2.45) is 0 Å². The number of para-hydroxylation sites is 1. The van der Waals surface area contributed by atoms with Gasteiger partial charge in [0, 0.05) is 29.6 Å². The van der Waals surface area contributed by atoms with Gasteiger partial charge in [-0.15, -0.1) is 0 Å². The van der Waals surface area contributed by atoms with Gasteiger partial charge in [0.1, 0.15) is 23.9 Å². The molecule has 0 radical (unpaired) electrons. The van der Waals surface area contributed by atoms with Crippen molar-refractivity contribution in [2.75, 3.05) is 11.9 Å². The zero-order valence-electron chi connectivity index (χ0n) is 11.8. The molecule has 0 aliphatic carbocycles. The van der Waals surface area contributed by atoms with Gasteiger partial charge in [-0.3, -0.25) is 0 Å². The molecule has 106 valence electrons.